The van der Waals surface area contributed by atoms with Crippen molar-refractivity contribution >= 4 is 28.7 Å². The number of nitrogens with zero attached hydrogens (tertiary/aromatic N) is 3. The lowest BCUT2D eigenvalue weighted by Gasteiger charge is -2.39. The molecule has 6 nitrogen and oxygen atoms in total. The van der Waals surface area contributed by atoms with Gasteiger partial charge in [-0.05, 0) is 60.2 Å². The molecule has 8 heteroatoms. The van der Waals surface area contributed by atoms with E-state index in [2.05, 4.69) is 9.88 Å². The summed E-state index contributed by atoms with van der Waals surface area (Å²) in [7, 11) is 0. The quantitative estimate of drug-likeness (QED) is 0.405. The van der Waals surface area contributed by atoms with Crippen molar-refractivity contribution in [2.45, 2.75) is 12.6 Å². The molecule has 2 heterocycles. The van der Waals surface area contributed by atoms with E-state index in [1.54, 1.807) is 24.3 Å². The highest BCUT2D eigenvalue weighted by Gasteiger charge is 2.30. The Bertz CT molecular complexity index is 1030. The number of non-ortho nitro benzene ring substituents is 1. The molecule has 3 aromatic rings. The van der Waals surface area contributed by atoms with Crippen molar-refractivity contribution in [2.75, 3.05) is 11.9 Å². The van der Waals surface area contributed by atoms with Crippen molar-refractivity contribution in [3.63, 3.8) is 0 Å². The van der Waals surface area contributed by atoms with Crippen LogP contribution in [0.4, 0.5) is 15.8 Å². The molecule has 0 fully saturated rings. The van der Waals surface area contributed by atoms with Gasteiger partial charge in [0.25, 0.3) is 5.69 Å². The molecule has 142 valence electrons. The highest BCUT2D eigenvalue weighted by molar-refractivity contribution is 7.80. The topological polar surface area (TPSA) is 63.3 Å². The van der Waals surface area contributed by atoms with Crippen LogP contribution in [0.1, 0.15) is 17.3 Å². The van der Waals surface area contributed by atoms with Crippen molar-refractivity contribution in [3.8, 4) is 0 Å². The molecule has 0 radical (unpaired) electrons. The number of anilines is 1. The van der Waals surface area contributed by atoms with Gasteiger partial charge in [-0.2, -0.15) is 0 Å². The predicted molar refractivity (Wildman–Crippen MR) is 109 cm³/mol. The third kappa shape index (κ3) is 3.46. The molecule has 0 unspecified atom stereocenters. The first kappa shape index (κ1) is 18.1. The number of aromatic nitrogens is 1. The summed E-state index contributed by atoms with van der Waals surface area (Å²) in [6.07, 6.45) is 2.01. The fraction of sp³-hybridized carbons (Fsp3) is 0.150. The Hall–Kier alpha value is -3.26. The Morgan fingerprint density at radius 1 is 1.14 bits per heavy atom. The van der Waals surface area contributed by atoms with Crippen molar-refractivity contribution in [1.29, 1.82) is 0 Å². The summed E-state index contributed by atoms with van der Waals surface area (Å²) >= 11 is 5.62. The van der Waals surface area contributed by atoms with E-state index in [4.69, 9.17) is 12.2 Å². The van der Waals surface area contributed by atoms with Gasteiger partial charge in [0, 0.05) is 42.8 Å². The molecule has 2 aromatic carbocycles. The average molecular weight is 396 g/mol. The maximum absolute atomic E-state index is 13.5. The molecule has 0 saturated heterocycles. The Morgan fingerprint density at radius 2 is 1.93 bits per heavy atom. The molecular weight excluding hydrogens is 379 g/mol. The van der Waals surface area contributed by atoms with Crippen molar-refractivity contribution < 1.29 is 9.31 Å². The minimum atomic E-state index is -0.415. The summed E-state index contributed by atoms with van der Waals surface area (Å²) in [5.41, 5.74) is 2.56. The molecule has 1 aliphatic heterocycles. The van der Waals surface area contributed by atoms with Crippen LogP contribution in [0.3, 0.4) is 0 Å². The van der Waals surface area contributed by atoms with Gasteiger partial charge in [0.05, 0.1) is 11.0 Å². The summed E-state index contributed by atoms with van der Waals surface area (Å²) < 4.78 is 15.7. The van der Waals surface area contributed by atoms with Gasteiger partial charge in [0.15, 0.2) is 5.11 Å². The van der Waals surface area contributed by atoms with E-state index in [1.807, 2.05) is 23.2 Å². The highest BCUT2D eigenvalue weighted by atomic mass is 32.1. The van der Waals surface area contributed by atoms with E-state index in [-0.39, 0.29) is 17.5 Å². The SMILES string of the molecule is O=[N+]([O-])c1ccc([C@H]2c3cccn3CCN2C(=S)Nc2cccc(F)c2)cc1. The zero-order valence-corrected chi connectivity index (χ0v) is 15.6. The third-order valence-electron chi connectivity index (χ3n) is 4.79. The number of fused-ring (bicyclic) bond motifs is 1. The zero-order valence-electron chi connectivity index (χ0n) is 14.8. The number of hydrogen-bond donors (Lipinski definition) is 1. The summed E-state index contributed by atoms with van der Waals surface area (Å²) in [5, 5.41) is 14.6. The first-order valence-electron chi connectivity index (χ1n) is 8.75. The van der Waals surface area contributed by atoms with Crippen LogP contribution >= 0.6 is 12.2 Å². The van der Waals surface area contributed by atoms with E-state index in [1.165, 1.54) is 24.3 Å². The molecular formula is C20H17FN4O2S. The number of thiocarbonyl (C=S) groups is 1. The van der Waals surface area contributed by atoms with Gasteiger partial charge in [-0.1, -0.05) is 6.07 Å². The van der Waals surface area contributed by atoms with E-state index in [9.17, 15) is 14.5 Å². The second-order valence-electron chi connectivity index (χ2n) is 6.51. The molecule has 1 N–H and O–H groups in total. The number of nitro groups is 1. The van der Waals surface area contributed by atoms with Crippen LogP contribution in [0.2, 0.25) is 0 Å². The first-order chi connectivity index (χ1) is 13.5. The van der Waals surface area contributed by atoms with Crippen LogP contribution < -0.4 is 5.32 Å². The zero-order chi connectivity index (χ0) is 19.7. The van der Waals surface area contributed by atoms with Crippen LogP contribution in [-0.4, -0.2) is 26.0 Å². The number of hydrogen-bond acceptors (Lipinski definition) is 3. The Kier molecular flexibility index (Phi) is 4.79. The van der Waals surface area contributed by atoms with Crippen LogP contribution in [0.5, 0.6) is 0 Å². The Labute approximate surface area is 166 Å². The summed E-state index contributed by atoms with van der Waals surface area (Å²) in [5.74, 6) is -0.341. The molecule has 0 spiro atoms. The summed E-state index contributed by atoms with van der Waals surface area (Å²) in [6.45, 7) is 1.42. The largest absolute Gasteiger partial charge is 0.348 e. The van der Waals surface area contributed by atoms with Crippen molar-refractivity contribution in [2.24, 2.45) is 0 Å². The number of nitrogens with one attached hydrogen (secondary N) is 1. The Morgan fingerprint density at radius 3 is 2.64 bits per heavy atom. The molecule has 1 aromatic heterocycles. The number of nitro benzene ring substituents is 1. The van der Waals surface area contributed by atoms with E-state index in [0.29, 0.717) is 17.3 Å². The molecule has 4 rings (SSSR count). The minimum absolute atomic E-state index is 0.0435. The minimum Gasteiger partial charge on any atom is -0.348 e. The van der Waals surface area contributed by atoms with Gasteiger partial charge in [-0.25, -0.2) is 4.39 Å². The van der Waals surface area contributed by atoms with Gasteiger partial charge in [-0.3, -0.25) is 10.1 Å². The fourth-order valence-electron chi connectivity index (χ4n) is 3.49. The van der Waals surface area contributed by atoms with Gasteiger partial charge in [0.2, 0.25) is 0 Å². The predicted octanol–water partition coefficient (Wildman–Crippen LogP) is 4.34. The molecule has 0 saturated carbocycles. The van der Waals surface area contributed by atoms with Gasteiger partial charge >= 0.3 is 0 Å². The molecule has 0 amide bonds. The first-order valence-corrected chi connectivity index (χ1v) is 9.16. The van der Waals surface area contributed by atoms with Crippen LogP contribution in [0.15, 0.2) is 66.9 Å². The number of rotatable bonds is 3. The van der Waals surface area contributed by atoms with Gasteiger partial charge in [-0.15, -0.1) is 0 Å². The lowest BCUT2D eigenvalue weighted by Crippen LogP contribution is -2.44. The van der Waals surface area contributed by atoms with Crippen LogP contribution in [-0.2, 0) is 6.54 Å². The average Bonchev–Trinajstić information content (AvgIpc) is 3.16. The second kappa shape index (κ2) is 7.40. The fourth-order valence-corrected chi connectivity index (χ4v) is 3.81. The highest BCUT2D eigenvalue weighted by Crippen LogP contribution is 2.33. The molecule has 28 heavy (non-hydrogen) atoms. The van der Waals surface area contributed by atoms with Crippen molar-refractivity contribution in [1.82, 2.24) is 9.47 Å². The maximum atomic E-state index is 13.5. The lowest BCUT2D eigenvalue weighted by molar-refractivity contribution is -0.384. The number of benzene rings is 2. The van der Waals surface area contributed by atoms with Crippen molar-refractivity contribution in [3.05, 3.63) is 94.0 Å². The van der Waals surface area contributed by atoms with E-state index in [0.717, 1.165) is 17.8 Å². The van der Waals surface area contributed by atoms with E-state index < -0.39 is 4.92 Å². The molecule has 1 aliphatic rings. The summed E-state index contributed by atoms with van der Waals surface area (Å²) in [4.78, 5) is 12.6. The van der Waals surface area contributed by atoms with Crippen LogP contribution in [0.25, 0.3) is 0 Å². The molecule has 1 atom stereocenters. The van der Waals surface area contributed by atoms with Gasteiger partial charge < -0.3 is 14.8 Å². The molecule has 0 bridgehead atoms. The maximum Gasteiger partial charge on any atom is 0.269 e. The second-order valence-corrected chi connectivity index (χ2v) is 6.90. The van der Waals surface area contributed by atoms with Crippen LogP contribution in [0, 0.1) is 15.9 Å². The standard InChI is InChI=1S/C20H17FN4O2S/c21-15-3-1-4-16(13-15)22-20(28)24-12-11-23-10-2-5-18(23)19(24)14-6-8-17(9-7-14)25(26)27/h1-10,13,19H,11-12H2,(H,22,28)/t19-/m0/s1. The van der Waals surface area contributed by atoms with E-state index >= 15 is 0 Å². The molecule has 0 aliphatic carbocycles. The number of halogens is 1. The Balaban J connectivity index is 1.67. The normalized spacial score (nSPS) is 15.8. The smallest absolute Gasteiger partial charge is 0.269 e. The third-order valence-corrected chi connectivity index (χ3v) is 5.13. The lowest BCUT2D eigenvalue weighted by atomic mass is 10.00. The van der Waals surface area contributed by atoms with Gasteiger partial charge in [0.1, 0.15) is 5.82 Å². The monoisotopic (exact) mass is 396 g/mol. The summed E-state index contributed by atoms with van der Waals surface area (Å²) in [6, 6.07) is 16.4.